The van der Waals surface area contributed by atoms with Crippen molar-refractivity contribution >= 4 is 22.6 Å². The summed E-state index contributed by atoms with van der Waals surface area (Å²) in [6, 6.07) is 10.9. The zero-order valence-corrected chi connectivity index (χ0v) is 23.2. The van der Waals surface area contributed by atoms with Crippen LogP contribution < -0.4 is 15.5 Å². The number of nitrogens with one attached hydrogen (secondary N) is 2. The fourth-order valence-corrected chi connectivity index (χ4v) is 4.46. The third kappa shape index (κ3) is 5.91. The predicted molar refractivity (Wildman–Crippen MR) is 155 cm³/mol. The number of aromatic nitrogens is 4. The number of rotatable bonds is 10. The molecule has 1 atom stereocenters. The Morgan fingerprint density at radius 2 is 1.83 bits per heavy atom. The normalized spacial score (nSPS) is 12.1. The Morgan fingerprint density at radius 3 is 2.52 bits per heavy atom. The first-order chi connectivity index (χ1) is 20.1. The zero-order chi connectivity index (χ0) is 30.0. The van der Waals surface area contributed by atoms with Crippen molar-refractivity contribution in [1.29, 1.82) is 0 Å². The van der Waals surface area contributed by atoms with Gasteiger partial charge in [-0.25, -0.2) is 13.8 Å². The lowest BCUT2D eigenvalue weighted by Gasteiger charge is -2.15. The van der Waals surface area contributed by atoms with E-state index >= 15 is 4.39 Å². The maximum absolute atomic E-state index is 15.2. The number of nitrogens with zero attached hydrogens (tertiary/aromatic N) is 3. The molecule has 0 unspecified atom stereocenters. The van der Waals surface area contributed by atoms with Crippen LogP contribution in [0.2, 0.25) is 0 Å². The number of aliphatic hydroxyl groups excluding tert-OH is 1. The number of hydrogen-bond donors (Lipinski definition) is 3. The van der Waals surface area contributed by atoms with Gasteiger partial charge in [0.05, 0.1) is 12.2 Å². The molecule has 5 rings (SSSR count). The number of H-pyrrole nitrogens is 1. The summed E-state index contributed by atoms with van der Waals surface area (Å²) < 4.78 is 36.3. The molecule has 0 fully saturated rings. The third-order valence-corrected chi connectivity index (χ3v) is 6.76. The molecule has 2 aromatic carbocycles. The van der Waals surface area contributed by atoms with Crippen LogP contribution in [-0.4, -0.2) is 43.3 Å². The van der Waals surface area contributed by atoms with Gasteiger partial charge in [0.15, 0.2) is 34.2 Å². The lowest BCUT2D eigenvalue weighted by Crippen LogP contribution is -2.22. The van der Waals surface area contributed by atoms with Crippen LogP contribution in [0.3, 0.4) is 0 Å². The number of Topliss-reactive ketones (excluding diaryl/α,β-unsaturated/α-hetero) is 1. The minimum Gasteiger partial charge on any atom is -0.453 e. The molecule has 0 bridgehead atoms. The van der Waals surface area contributed by atoms with Gasteiger partial charge < -0.3 is 19.7 Å². The van der Waals surface area contributed by atoms with Crippen molar-refractivity contribution in [3.05, 3.63) is 100 Å². The monoisotopic (exact) mass is 573 g/mol. The van der Waals surface area contributed by atoms with Gasteiger partial charge in [-0.15, -0.1) is 0 Å². The molecule has 3 heterocycles. The summed E-state index contributed by atoms with van der Waals surface area (Å²) in [4.78, 5) is 30.9. The van der Waals surface area contributed by atoms with Crippen LogP contribution in [-0.2, 0) is 6.42 Å². The van der Waals surface area contributed by atoms with Crippen molar-refractivity contribution in [3.63, 3.8) is 0 Å². The number of aliphatic hydroxyl groups is 1. The molecule has 0 spiro atoms. The second-order valence-corrected chi connectivity index (χ2v) is 10.3. The largest absolute Gasteiger partial charge is 0.453 e. The van der Waals surface area contributed by atoms with Gasteiger partial charge in [-0.05, 0) is 56.2 Å². The fraction of sp³-hybridized carbons (Fsp3) is 0.226. The molecule has 9 nitrogen and oxygen atoms in total. The first kappa shape index (κ1) is 28.6. The molecule has 0 saturated carbocycles. The number of carbonyl (C=O) groups excluding carboxylic acids is 1. The lowest BCUT2D eigenvalue weighted by molar-refractivity contribution is 0.0991. The number of pyridine rings is 2. The van der Waals surface area contributed by atoms with Crippen LogP contribution in [0.15, 0.2) is 71.9 Å². The highest BCUT2D eigenvalue weighted by molar-refractivity contribution is 5.98. The number of aromatic amines is 1. The molecule has 42 heavy (non-hydrogen) atoms. The van der Waals surface area contributed by atoms with Gasteiger partial charge >= 0.3 is 0 Å². The first-order valence-electron chi connectivity index (χ1n) is 13.4. The first-order valence-corrected chi connectivity index (χ1v) is 13.4. The lowest BCUT2D eigenvalue weighted by atomic mass is 9.99. The van der Waals surface area contributed by atoms with E-state index < -0.39 is 22.8 Å². The van der Waals surface area contributed by atoms with E-state index in [1.165, 1.54) is 48.8 Å². The van der Waals surface area contributed by atoms with Gasteiger partial charge in [-0.3, -0.25) is 14.7 Å². The van der Waals surface area contributed by atoms with Gasteiger partial charge in [0, 0.05) is 48.7 Å². The number of fused-ring (bicyclic) bond motifs is 1. The Balaban J connectivity index is 1.41. The zero-order valence-electron chi connectivity index (χ0n) is 23.2. The van der Waals surface area contributed by atoms with Gasteiger partial charge in [-0.1, -0.05) is 18.2 Å². The van der Waals surface area contributed by atoms with E-state index in [0.717, 1.165) is 0 Å². The average molecular weight is 574 g/mol. The maximum Gasteiger partial charge on any atom is 0.200 e. The SMILES string of the molecule is CC(C)n1cc(C(=O)Cc2ccc(Oc3ccnc4[nH]nc(N[C@H](C)CO)c34)c(F)c2)c(=O)c(-c2ccc(F)cc2)c1. The van der Waals surface area contributed by atoms with Gasteiger partial charge in [0.25, 0.3) is 0 Å². The highest BCUT2D eigenvalue weighted by atomic mass is 19.1. The summed E-state index contributed by atoms with van der Waals surface area (Å²) in [6.07, 6.45) is 4.42. The molecule has 216 valence electrons. The molecule has 0 aliphatic heterocycles. The predicted octanol–water partition coefficient (Wildman–Crippen LogP) is 5.66. The molecule has 0 aliphatic carbocycles. The Kier molecular flexibility index (Phi) is 8.12. The molecule has 0 radical (unpaired) electrons. The Labute approximate surface area is 239 Å². The van der Waals surface area contributed by atoms with Gasteiger partial charge in [0.1, 0.15) is 17.0 Å². The second kappa shape index (κ2) is 11.9. The Hall–Kier alpha value is -4.90. The number of hydrogen-bond acceptors (Lipinski definition) is 7. The molecule has 3 N–H and O–H groups in total. The number of ether oxygens (including phenoxy) is 1. The van der Waals surface area contributed by atoms with Crippen LogP contribution in [0.4, 0.5) is 14.6 Å². The van der Waals surface area contributed by atoms with Crippen molar-refractivity contribution in [2.24, 2.45) is 0 Å². The molecular formula is C31H29F2N5O4. The standard InChI is InChI=1S/C31H29F2N5O4/c1-17(2)38-14-22(20-5-7-21(32)8-6-20)29(41)23(15-38)25(40)13-19-4-9-26(24(33)12-19)42-27-10-11-34-30-28(27)31(37-36-30)35-18(3)16-39/h4-12,14-15,17-18,39H,13,16H2,1-3H3,(H2,34,35,36,37)/t18-/m1/s1. The molecule has 3 aromatic heterocycles. The summed E-state index contributed by atoms with van der Waals surface area (Å²) in [5.41, 5.74) is 1.01. The van der Waals surface area contributed by atoms with Crippen molar-refractivity contribution in [2.45, 2.75) is 39.3 Å². The van der Waals surface area contributed by atoms with Crippen LogP contribution in [0.5, 0.6) is 11.5 Å². The number of halogens is 2. The van der Waals surface area contributed by atoms with E-state index in [1.807, 2.05) is 13.8 Å². The topological polar surface area (TPSA) is 122 Å². The Bertz CT molecular complexity index is 1820. The smallest absolute Gasteiger partial charge is 0.200 e. The number of anilines is 1. The Morgan fingerprint density at radius 1 is 1.07 bits per heavy atom. The van der Waals surface area contributed by atoms with Crippen molar-refractivity contribution in [3.8, 4) is 22.6 Å². The number of ketones is 1. The minimum atomic E-state index is -0.702. The molecular weight excluding hydrogens is 544 g/mol. The summed E-state index contributed by atoms with van der Waals surface area (Å²) in [5, 5.41) is 19.9. The average Bonchev–Trinajstić information content (AvgIpc) is 3.38. The molecule has 0 saturated heterocycles. The van der Waals surface area contributed by atoms with Crippen LogP contribution >= 0.6 is 0 Å². The van der Waals surface area contributed by atoms with Crippen molar-refractivity contribution in [2.75, 3.05) is 11.9 Å². The second-order valence-electron chi connectivity index (χ2n) is 10.3. The summed E-state index contributed by atoms with van der Waals surface area (Å²) in [7, 11) is 0. The molecule has 0 aliphatic rings. The number of carbonyl (C=O) groups is 1. The van der Waals surface area contributed by atoms with Gasteiger partial charge in [-0.2, -0.15) is 5.10 Å². The third-order valence-electron chi connectivity index (χ3n) is 6.76. The van der Waals surface area contributed by atoms with Crippen molar-refractivity contribution in [1.82, 2.24) is 19.7 Å². The van der Waals surface area contributed by atoms with E-state index in [0.29, 0.717) is 28.0 Å². The fourth-order valence-electron chi connectivity index (χ4n) is 4.46. The van der Waals surface area contributed by atoms with E-state index in [1.54, 1.807) is 29.8 Å². The number of benzene rings is 2. The molecule has 5 aromatic rings. The van der Waals surface area contributed by atoms with Gasteiger partial charge in [0.2, 0.25) is 0 Å². The van der Waals surface area contributed by atoms with Crippen LogP contribution in [0, 0.1) is 11.6 Å². The summed E-state index contributed by atoms with van der Waals surface area (Å²) >= 11 is 0. The summed E-state index contributed by atoms with van der Waals surface area (Å²) in [5.74, 6) is -1.01. The van der Waals surface area contributed by atoms with E-state index in [9.17, 15) is 19.1 Å². The highest BCUT2D eigenvalue weighted by Crippen LogP contribution is 2.34. The van der Waals surface area contributed by atoms with E-state index in [-0.39, 0.29) is 47.7 Å². The highest BCUT2D eigenvalue weighted by Gasteiger charge is 2.20. The minimum absolute atomic E-state index is 0.0393. The van der Waals surface area contributed by atoms with E-state index in [2.05, 4.69) is 20.5 Å². The quantitative estimate of drug-likeness (QED) is 0.184. The van der Waals surface area contributed by atoms with Crippen molar-refractivity contribution < 1.29 is 23.4 Å². The molecule has 0 amide bonds. The van der Waals surface area contributed by atoms with Crippen LogP contribution in [0.1, 0.15) is 42.7 Å². The van der Waals surface area contributed by atoms with E-state index in [4.69, 9.17) is 4.74 Å². The summed E-state index contributed by atoms with van der Waals surface area (Å²) in [6.45, 7) is 5.47. The maximum atomic E-state index is 15.2. The molecule has 11 heteroatoms. The van der Waals surface area contributed by atoms with Crippen LogP contribution in [0.25, 0.3) is 22.2 Å².